The van der Waals surface area contributed by atoms with Crippen molar-refractivity contribution in [1.82, 2.24) is 15.1 Å². The second kappa shape index (κ2) is 7.36. The zero-order valence-corrected chi connectivity index (χ0v) is 15.0. The van der Waals surface area contributed by atoms with Crippen LogP contribution in [0, 0.1) is 13.8 Å². The number of nitrogens with one attached hydrogen (secondary N) is 1. The molecule has 2 aromatic rings. The third-order valence-electron chi connectivity index (χ3n) is 4.71. The van der Waals surface area contributed by atoms with E-state index in [2.05, 4.69) is 10.4 Å². The Labute approximate surface area is 149 Å². The zero-order valence-electron chi connectivity index (χ0n) is 14.2. The van der Waals surface area contributed by atoms with Gasteiger partial charge in [-0.15, -0.1) is 12.4 Å². The Morgan fingerprint density at radius 3 is 2.38 bits per heavy atom. The van der Waals surface area contributed by atoms with E-state index in [4.69, 9.17) is 5.73 Å². The van der Waals surface area contributed by atoms with Gasteiger partial charge in [-0.3, -0.25) is 4.79 Å². The average molecular weight is 349 g/mol. The van der Waals surface area contributed by atoms with Crippen LogP contribution in [0.1, 0.15) is 47.4 Å². The topological polar surface area (TPSA) is 72.9 Å². The molecule has 1 heterocycles. The van der Waals surface area contributed by atoms with Crippen molar-refractivity contribution in [3.63, 3.8) is 0 Å². The van der Waals surface area contributed by atoms with E-state index >= 15 is 0 Å². The molecule has 1 aromatic heterocycles. The normalized spacial score (nSPS) is 15.8. The van der Waals surface area contributed by atoms with Gasteiger partial charge in [-0.05, 0) is 57.0 Å². The highest BCUT2D eigenvalue weighted by molar-refractivity contribution is 5.94. The maximum Gasteiger partial charge on any atom is 0.251 e. The second-order valence-electron chi connectivity index (χ2n) is 6.53. The van der Waals surface area contributed by atoms with Gasteiger partial charge in [0.05, 0.1) is 16.9 Å². The number of rotatable bonds is 4. The van der Waals surface area contributed by atoms with Crippen LogP contribution in [0.5, 0.6) is 0 Å². The van der Waals surface area contributed by atoms with Crippen molar-refractivity contribution in [1.29, 1.82) is 0 Å². The number of amides is 1. The highest BCUT2D eigenvalue weighted by Crippen LogP contribution is 2.29. The monoisotopic (exact) mass is 348 g/mol. The summed E-state index contributed by atoms with van der Waals surface area (Å²) in [6.45, 7) is 4.49. The van der Waals surface area contributed by atoms with Crippen LogP contribution in [0.15, 0.2) is 30.3 Å². The number of aryl methyl sites for hydroxylation is 2. The van der Waals surface area contributed by atoms with E-state index in [1.54, 1.807) is 0 Å². The molecule has 0 bridgehead atoms. The molecule has 1 amide bonds. The number of nitrogens with two attached hydrogens (primary N) is 1. The Kier molecular flexibility index (Phi) is 5.67. The minimum Gasteiger partial charge on any atom is -0.345 e. The average Bonchev–Trinajstić information content (AvgIpc) is 3.14. The standard InChI is InChI=1S/C18H24N4O.ClH/c1-13-11-14(2)22(21-13)16-7-5-15(6-8-16)17(23)20-18(12-19)9-3-4-10-18;/h5-8,11H,3-4,9-10,12,19H2,1-2H3,(H,20,23);1H. The SMILES string of the molecule is Cc1cc(C)n(-c2ccc(C(=O)NC3(CN)CCCC3)cc2)n1.Cl. The van der Waals surface area contributed by atoms with Crippen LogP contribution in [-0.2, 0) is 0 Å². The van der Waals surface area contributed by atoms with Crippen molar-refractivity contribution < 1.29 is 4.79 Å². The zero-order chi connectivity index (χ0) is 16.4. The molecule has 6 heteroatoms. The maximum atomic E-state index is 12.5. The smallest absolute Gasteiger partial charge is 0.251 e. The van der Waals surface area contributed by atoms with E-state index in [-0.39, 0.29) is 23.9 Å². The van der Waals surface area contributed by atoms with Gasteiger partial charge in [0.15, 0.2) is 0 Å². The molecule has 1 aromatic carbocycles. The second-order valence-corrected chi connectivity index (χ2v) is 6.53. The van der Waals surface area contributed by atoms with E-state index < -0.39 is 0 Å². The molecule has 0 radical (unpaired) electrons. The summed E-state index contributed by atoms with van der Waals surface area (Å²) in [6, 6.07) is 9.59. The van der Waals surface area contributed by atoms with Crippen LogP contribution in [-0.4, -0.2) is 27.8 Å². The van der Waals surface area contributed by atoms with E-state index in [1.807, 2.05) is 48.9 Å². The first-order valence-corrected chi connectivity index (χ1v) is 8.19. The van der Waals surface area contributed by atoms with E-state index in [0.717, 1.165) is 42.8 Å². The summed E-state index contributed by atoms with van der Waals surface area (Å²) in [4.78, 5) is 12.5. The van der Waals surface area contributed by atoms with Gasteiger partial charge in [0.25, 0.3) is 5.91 Å². The Morgan fingerprint density at radius 2 is 1.88 bits per heavy atom. The molecule has 1 aliphatic carbocycles. The summed E-state index contributed by atoms with van der Waals surface area (Å²) >= 11 is 0. The molecule has 0 unspecified atom stereocenters. The minimum absolute atomic E-state index is 0. The van der Waals surface area contributed by atoms with Crippen LogP contribution in [0.25, 0.3) is 5.69 Å². The van der Waals surface area contributed by atoms with Gasteiger partial charge in [0.1, 0.15) is 0 Å². The van der Waals surface area contributed by atoms with Crippen LogP contribution >= 0.6 is 12.4 Å². The third kappa shape index (κ3) is 3.62. The first-order valence-electron chi connectivity index (χ1n) is 8.19. The lowest BCUT2D eigenvalue weighted by Crippen LogP contribution is -2.51. The van der Waals surface area contributed by atoms with Gasteiger partial charge >= 0.3 is 0 Å². The van der Waals surface area contributed by atoms with Crippen molar-refractivity contribution in [2.75, 3.05) is 6.54 Å². The molecule has 1 fully saturated rings. The van der Waals surface area contributed by atoms with E-state index in [1.165, 1.54) is 0 Å². The molecular weight excluding hydrogens is 324 g/mol. The fourth-order valence-electron chi connectivity index (χ4n) is 3.39. The first-order chi connectivity index (χ1) is 11.0. The van der Waals surface area contributed by atoms with Crippen LogP contribution in [0.3, 0.4) is 0 Å². The molecular formula is C18H25ClN4O. The number of halogens is 1. The van der Waals surface area contributed by atoms with Gasteiger partial charge < -0.3 is 11.1 Å². The number of hydrogen-bond donors (Lipinski definition) is 2. The summed E-state index contributed by atoms with van der Waals surface area (Å²) in [7, 11) is 0. The van der Waals surface area contributed by atoms with Gasteiger partial charge in [0.2, 0.25) is 0 Å². The van der Waals surface area contributed by atoms with Crippen LogP contribution in [0.2, 0.25) is 0 Å². The highest BCUT2D eigenvalue weighted by atomic mass is 35.5. The molecule has 1 aliphatic rings. The predicted octanol–water partition coefficient (Wildman–Crippen LogP) is 2.91. The predicted molar refractivity (Wildman–Crippen MR) is 98.0 cm³/mol. The van der Waals surface area contributed by atoms with Gasteiger partial charge in [-0.1, -0.05) is 12.8 Å². The Morgan fingerprint density at radius 1 is 1.25 bits per heavy atom. The number of aromatic nitrogens is 2. The van der Waals surface area contributed by atoms with Crippen molar-refractivity contribution >= 4 is 18.3 Å². The summed E-state index contributed by atoms with van der Waals surface area (Å²) in [6.07, 6.45) is 4.21. The van der Waals surface area contributed by atoms with Crippen molar-refractivity contribution in [3.8, 4) is 5.69 Å². The molecule has 0 spiro atoms. The van der Waals surface area contributed by atoms with Crippen LogP contribution in [0.4, 0.5) is 0 Å². The fraction of sp³-hybridized carbons (Fsp3) is 0.444. The summed E-state index contributed by atoms with van der Waals surface area (Å²) < 4.78 is 1.88. The molecule has 5 nitrogen and oxygen atoms in total. The first kappa shape index (κ1) is 18.5. The fourth-order valence-corrected chi connectivity index (χ4v) is 3.39. The summed E-state index contributed by atoms with van der Waals surface area (Å²) in [5, 5.41) is 7.61. The molecule has 1 saturated carbocycles. The quantitative estimate of drug-likeness (QED) is 0.892. The number of benzene rings is 1. The number of nitrogens with zero attached hydrogens (tertiary/aromatic N) is 2. The number of hydrogen-bond acceptors (Lipinski definition) is 3. The van der Waals surface area contributed by atoms with Gasteiger partial charge in [-0.25, -0.2) is 4.68 Å². The molecule has 0 aliphatic heterocycles. The molecule has 24 heavy (non-hydrogen) atoms. The summed E-state index contributed by atoms with van der Waals surface area (Å²) in [5.74, 6) is -0.0442. The Balaban J connectivity index is 0.00000208. The Bertz CT molecular complexity index is 702. The van der Waals surface area contributed by atoms with E-state index in [0.29, 0.717) is 12.1 Å². The van der Waals surface area contributed by atoms with Crippen LogP contribution < -0.4 is 11.1 Å². The highest BCUT2D eigenvalue weighted by Gasteiger charge is 2.34. The third-order valence-corrected chi connectivity index (χ3v) is 4.71. The lowest BCUT2D eigenvalue weighted by molar-refractivity contribution is 0.0903. The largest absolute Gasteiger partial charge is 0.345 e. The molecule has 3 N–H and O–H groups in total. The molecule has 130 valence electrons. The lowest BCUT2D eigenvalue weighted by atomic mass is 9.97. The van der Waals surface area contributed by atoms with Crippen molar-refractivity contribution in [2.24, 2.45) is 5.73 Å². The number of carbonyl (C=O) groups is 1. The van der Waals surface area contributed by atoms with Crippen molar-refractivity contribution in [2.45, 2.75) is 45.1 Å². The van der Waals surface area contributed by atoms with Crippen molar-refractivity contribution in [3.05, 3.63) is 47.3 Å². The van der Waals surface area contributed by atoms with Gasteiger partial charge in [0, 0.05) is 17.8 Å². The Hall–Kier alpha value is -1.85. The minimum atomic E-state index is -0.217. The molecule has 0 saturated heterocycles. The molecule has 0 atom stereocenters. The summed E-state index contributed by atoms with van der Waals surface area (Å²) in [5.41, 5.74) is 9.35. The van der Waals surface area contributed by atoms with Gasteiger partial charge in [-0.2, -0.15) is 5.10 Å². The van der Waals surface area contributed by atoms with E-state index in [9.17, 15) is 4.79 Å². The lowest BCUT2D eigenvalue weighted by Gasteiger charge is -2.28. The number of carbonyl (C=O) groups excluding carboxylic acids is 1. The molecule has 3 rings (SSSR count). The maximum absolute atomic E-state index is 12.5.